The van der Waals surface area contributed by atoms with Gasteiger partial charge < -0.3 is 14.7 Å². The Kier molecular flexibility index (Phi) is 6.10. The molecule has 0 bridgehead atoms. The zero-order valence-electron chi connectivity index (χ0n) is 12.4. The molecular formula is C14H20N2O5. The summed E-state index contributed by atoms with van der Waals surface area (Å²) >= 11 is 0. The highest BCUT2D eigenvalue weighted by molar-refractivity contribution is 5.95. The third-order valence-corrected chi connectivity index (χ3v) is 3.06. The van der Waals surface area contributed by atoms with Crippen LogP contribution in [0.4, 0.5) is 5.69 Å². The average Bonchev–Trinajstić information content (AvgIpc) is 2.46. The number of rotatable bonds is 7. The Morgan fingerprint density at radius 3 is 2.62 bits per heavy atom. The van der Waals surface area contributed by atoms with Crippen molar-refractivity contribution in [1.29, 1.82) is 0 Å². The maximum atomic E-state index is 12.4. The highest BCUT2D eigenvalue weighted by atomic mass is 16.6. The van der Waals surface area contributed by atoms with Gasteiger partial charge in [0, 0.05) is 30.8 Å². The third kappa shape index (κ3) is 4.16. The van der Waals surface area contributed by atoms with E-state index in [0.717, 1.165) is 0 Å². The van der Waals surface area contributed by atoms with Gasteiger partial charge in [0.15, 0.2) is 5.75 Å². The molecule has 0 saturated carbocycles. The van der Waals surface area contributed by atoms with Gasteiger partial charge in [-0.1, -0.05) is 0 Å². The lowest BCUT2D eigenvalue weighted by Gasteiger charge is -2.26. The van der Waals surface area contributed by atoms with Crippen LogP contribution in [0.25, 0.3) is 0 Å². The zero-order valence-corrected chi connectivity index (χ0v) is 12.4. The monoisotopic (exact) mass is 296 g/mol. The first-order chi connectivity index (χ1) is 9.92. The van der Waals surface area contributed by atoms with Gasteiger partial charge in [-0.2, -0.15) is 0 Å². The molecule has 0 saturated heterocycles. The van der Waals surface area contributed by atoms with Gasteiger partial charge in [-0.25, -0.2) is 0 Å². The normalized spacial score (nSPS) is 10.5. The minimum absolute atomic E-state index is 0.0146. The molecule has 0 atom stereocenters. The van der Waals surface area contributed by atoms with Crippen molar-refractivity contribution in [3.05, 3.63) is 33.9 Å². The molecule has 1 N–H and O–H groups in total. The van der Waals surface area contributed by atoms with Gasteiger partial charge in [-0.15, -0.1) is 0 Å². The number of benzene rings is 1. The maximum absolute atomic E-state index is 12.4. The quantitative estimate of drug-likeness (QED) is 0.612. The molecule has 0 unspecified atom stereocenters. The van der Waals surface area contributed by atoms with E-state index in [1.165, 1.54) is 25.3 Å². The van der Waals surface area contributed by atoms with Crippen LogP contribution in [-0.2, 0) is 0 Å². The summed E-state index contributed by atoms with van der Waals surface area (Å²) in [5.74, 6) is -0.188. The van der Waals surface area contributed by atoms with Gasteiger partial charge in [0.1, 0.15) is 0 Å². The van der Waals surface area contributed by atoms with E-state index in [0.29, 0.717) is 13.0 Å². The van der Waals surface area contributed by atoms with E-state index in [9.17, 15) is 14.9 Å². The summed E-state index contributed by atoms with van der Waals surface area (Å²) in [5, 5.41) is 19.9. The number of amides is 1. The summed E-state index contributed by atoms with van der Waals surface area (Å²) in [6, 6.07) is 4.07. The van der Waals surface area contributed by atoms with Crippen LogP contribution in [0, 0.1) is 10.1 Å². The van der Waals surface area contributed by atoms with Crippen molar-refractivity contribution >= 4 is 11.6 Å². The van der Waals surface area contributed by atoms with Crippen molar-refractivity contribution in [3.63, 3.8) is 0 Å². The molecule has 1 aromatic rings. The van der Waals surface area contributed by atoms with Crippen LogP contribution in [0.2, 0.25) is 0 Å². The van der Waals surface area contributed by atoms with Crippen LogP contribution in [0.3, 0.4) is 0 Å². The molecule has 0 spiro atoms. The predicted octanol–water partition coefficient (Wildman–Crippen LogP) is 1.84. The molecule has 1 amide bonds. The second-order valence-corrected chi connectivity index (χ2v) is 4.81. The first-order valence-corrected chi connectivity index (χ1v) is 6.66. The molecule has 1 aromatic carbocycles. The van der Waals surface area contributed by atoms with Gasteiger partial charge in [0.25, 0.3) is 5.91 Å². The largest absolute Gasteiger partial charge is 0.490 e. The number of nitro benzene ring substituents is 1. The highest BCUT2D eigenvalue weighted by Crippen LogP contribution is 2.28. The fraction of sp³-hybridized carbons (Fsp3) is 0.500. The fourth-order valence-corrected chi connectivity index (χ4v) is 1.97. The van der Waals surface area contributed by atoms with Crippen molar-refractivity contribution < 1.29 is 19.6 Å². The van der Waals surface area contributed by atoms with E-state index in [4.69, 9.17) is 9.84 Å². The number of nitrogens with zero attached hydrogens (tertiary/aromatic N) is 2. The molecule has 0 fully saturated rings. The van der Waals surface area contributed by atoms with Crippen LogP contribution in [0.1, 0.15) is 30.6 Å². The Morgan fingerprint density at radius 2 is 2.14 bits per heavy atom. The van der Waals surface area contributed by atoms with E-state index in [1.807, 2.05) is 13.8 Å². The Bertz CT molecular complexity index is 516. The Balaban J connectivity index is 3.10. The lowest BCUT2D eigenvalue weighted by Crippen LogP contribution is -2.38. The van der Waals surface area contributed by atoms with Gasteiger partial charge in [-0.05, 0) is 32.4 Å². The maximum Gasteiger partial charge on any atom is 0.311 e. The van der Waals surface area contributed by atoms with Crippen LogP contribution in [-0.4, -0.2) is 47.1 Å². The molecule has 0 aromatic heterocycles. The van der Waals surface area contributed by atoms with E-state index in [1.54, 1.807) is 4.90 Å². The third-order valence-electron chi connectivity index (χ3n) is 3.06. The molecule has 7 heteroatoms. The van der Waals surface area contributed by atoms with Gasteiger partial charge in [-0.3, -0.25) is 14.9 Å². The summed E-state index contributed by atoms with van der Waals surface area (Å²) < 4.78 is 4.91. The van der Waals surface area contributed by atoms with Crippen molar-refractivity contribution in [1.82, 2.24) is 4.90 Å². The number of aliphatic hydroxyl groups is 1. The lowest BCUT2D eigenvalue weighted by molar-refractivity contribution is -0.385. The summed E-state index contributed by atoms with van der Waals surface area (Å²) in [7, 11) is 1.34. The highest BCUT2D eigenvalue weighted by Gasteiger charge is 2.22. The molecule has 0 aliphatic rings. The number of ether oxygens (including phenoxy) is 1. The number of hydrogen-bond acceptors (Lipinski definition) is 5. The molecule has 21 heavy (non-hydrogen) atoms. The number of carbonyl (C=O) groups is 1. The fourth-order valence-electron chi connectivity index (χ4n) is 1.97. The molecule has 116 valence electrons. The SMILES string of the molecule is COc1ccc(C(=O)N(CCCO)C(C)C)cc1[N+](=O)[O-]. The van der Waals surface area contributed by atoms with Crippen LogP contribution in [0.5, 0.6) is 5.75 Å². The van der Waals surface area contributed by atoms with Gasteiger partial charge in [0.2, 0.25) is 0 Å². The number of methoxy groups -OCH3 is 1. The molecular weight excluding hydrogens is 276 g/mol. The van der Waals surface area contributed by atoms with Gasteiger partial charge >= 0.3 is 5.69 Å². The molecule has 0 aliphatic carbocycles. The first kappa shape index (κ1) is 16.9. The minimum atomic E-state index is -0.580. The zero-order chi connectivity index (χ0) is 16.0. The number of carbonyl (C=O) groups excluding carboxylic acids is 1. The summed E-state index contributed by atoms with van der Waals surface area (Å²) in [4.78, 5) is 24.4. The van der Waals surface area contributed by atoms with Crippen molar-refractivity contribution in [2.24, 2.45) is 0 Å². The average molecular weight is 296 g/mol. The van der Waals surface area contributed by atoms with Crippen molar-refractivity contribution in [2.45, 2.75) is 26.3 Å². The van der Waals surface area contributed by atoms with Crippen LogP contribution >= 0.6 is 0 Å². The lowest BCUT2D eigenvalue weighted by atomic mass is 10.1. The Morgan fingerprint density at radius 1 is 1.48 bits per heavy atom. The van der Waals surface area contributed by atoms with E-state index in [2.05, 4.69) is 0 Å². The van der Waals surface area contributed by atoms with Crippen LogP contribution in [0.15, 0.2) is 18.2 Å². The second-order valence-electron chi connectivity index (χ2n) is 4.81. The first-order valence-electron chi connectivity index (χ1n) is 6.66. The summed E-state index contributed by atoms with van der Waals surface area (Å²) in [6.45, 7) is 4.09. The number of nitro groups is 1. The molecule has 1 rings (SSSR count). The molecule has 0 radical (unpaired) electrons. The molecule has 0 heterocycles. The van der Waals surface area contributed by atoms with Crippen molar-refractivity contribution in [3.8, 4) is 5.75 Å². The number of hydrogen-bond donors (Lipinski definition) is 1. The molecule has 7 nitrogen and oxygen atoms in total. The van der Waals surface area contributed by atoms with E-state index in [-0.39, 0.29) is 35.6 Å². The second kappa shape index (κ2) is 7.58. The summed E-state index contributed by atoms with van der Waals surface area (Å²) in [6.07, 6.45) is 0.460. The Labute approximate surface area is 123 Å². The summed E-state index contributed by atoms with van der Waals surface area (Å²) in [5.41, 5.74) is -0.0108. The predicted molar refractivity (Wildman–Crippen MR) is 77.5 cm³/mol. The number of aliphatic hydroxyl groups excluding tert-OH is 1. The van der Waals surface area contributed by atoms with Crippen molar-refractivity contribution in [2.75, 3.05) is 20.3 Å². The Hall–Kier alpha value is -2.15. The van der Waals surface area contributed by atoms with Gasteiger partial charge in [0.05, 0.1) is 12.0 Å². The standard InChI is InChI=1S/C14H20N2O5/c1-10(2)15(7-4-8-17)14(18)11-5-6-13(21-3)12(9-11)16(19)20/h5-6,9-10,17H,4,7-8H2,1-3H3. The van der Waals surface area contributed by atoms with Crippen LogP contribution < -0.4 is 4.74 Å². The molecule has 0 aliphatic heterocycles. The van der Waals surface area contributed by atoms with E-state index < -0.39 is 4.92 Å². The topological polar surface area (TPSA) is 92.9 Å². The smallest absolute Gasteiger partial charge is 0.311 e. The minimum Gasteiger partial charge on any atom is -0.490 e. The van der Waals surface area contributed by atoms with E-state index >= 15 is 0 Å².